The second-order valence-corrected chi connectivity index (χ2v) is 4.46. The first-order valence-corrected chi connectivity index (χ1v) is 7.20. The van der Waals surface area contributed by atoms with E-state index < -0.39 is 12.2 Å². The van der Waals surface area contributed by atoms with Crippen molar-refractivity contribution in [1.29, 1.82) is 0 Å². The number of para-hydroxylation sites is 1. The molecule has 0 aliphatic heterocycles. The van der Waals surface area contributed by atoms with Crippen molar-refractivity contribution in [1.82, 2.24) is 0 Å². The van der Waals surface area contributed by atoms with Crippen molar-refractivity contribution in [2.75, 3.05) is 18.5 Å². The summed E-state index contributed by atoms with van der Waals surface area (Å²) < 4.78 is 14.8. The lowest BCUT2D eigenvalue weighted by Gasteiger charge is -2.11. The highest BCUT2D eigenvalue weighted by Crippen LogP contribution is 2.16. The summed E-state index contributed by atoms with van der Waals surface area (Å²) in [4.78, 5) is 23.0. The normalized spacial score (nSPS) is 9.57. The Morgan fingerprint density at radius 3 is 2.35 bits per heavy atom. The van der Waals surface area contributed by atoms with Crippen LogP contribution in [-0.4, -0.2) is 25.5 Å². The molecule has 0 unspecified atom stereocenters. The molecule has 0 saturated heterocycles. The molecule has 0 saturated carbocycles. The summed E-state index contributed by atoms with van der Waals surface area (Å²) >= 11 is 0. The fraction of sp³-hybridized carbons (Fsp3) is 0.294. The number of hydrogen-bond acceptors (Lipinski definition) is 5. The predicted octanol–water partition coefficient (Wildman–Crippen LogP) is 4.04. The molecule has 23 heavy (non-hydrogen) atoms. The topological polar surface area (TPSA) is 73.9 Å². The summed E-state index contributed by atoms with van der Waals surface area (Å²) in [6.07, 6.45) is 3.10. The number of hydrogen-bond donors (Lipinski definition) is 1. The molecule has 0 aromatic heterocycles. The molecule has 0 atom stereocenters. The van der Waals surface area contributed by atoms with Gasteiger partial charge in [-0.05, 0) is 18.9 Å². The summed E-state index contributed by atoms with van der Waals surface area (Å²) in [5.74, 6) is 0. The molecule has 0 heterocycles. The van der Waals surface area contributed by atoms with Gasteiger partial charge in [0.1, 0.15) is 6.61 Å². The van der Waals surface area contributed by atoms with E-state index >= 15 is 0 Å². The van der Waals surface area contributed by atoms with Crippen molar-refractivity contribution in [2.45, 2.75) is 19.4 Å². The largest absolute Gasteiger partial charge is 0.508 e. The van der Waals surface area contributed by atoms with E-state index in [1.54, 1.807) is 36.4 Å². The highest BCUT2D eigenvalue weighted by atomic mass is 16.7. The fourth-order valence-electron chi connectivity index (χ4n) is 1.55. The van der Waals surface area contributed by atoms with Gasteiger partial charge in [-0.3, -0.25) is 5.32 Å². The van der Waals surface area contributed by atoms with Crippen LogP contribution in [0.4, 0.5) is 15.3 Å². The van der Waals surface area contributed by atoms with Gasteiger partial charge in [-0.2, -0.15) is 0 Å². The zero-order chi connectivity index (χ0) is 16.9. The molecule has 124 valence electrons. The zero-order valence-corrected chi connectivity index (χ0v) is 13.0. The van der Waals surface area contributed by atoms with Crippen LogP contribution in [0.3, 0.4) is 0 Å². The lowest BCUT2D eigenvalue weighted by atomic mass is 10.2. The average molecular weight is 319 g/mol. The maximum atomic E-state index is 11.6. The fourth-order valence-corrected chi connectivity index (χ4v) is 1.55. The number of anilines is 1. The van der Waals surface area contributed by atoms with Gasteiger partial charge in [-0.25, -0.2) is 9.59 Å². The quantitative estimate of drug-likeness (QED) is 0.422. The molecule has 6 heteroatoms. The van der Waals surface area contributed by atoms with Crippen LogP contribution in [0.1, 0.15) is 18.4 Å². The van der Waals surface area contributed by atoms with Gasteiger partial charge in [0, 0.05) is 5.56 Å². The van der Waals surface area contributed by atoms with Crippen LogP contribution in [0.2, 0.25) is 0 Å². The number of rotatable bonds is 9. The smallest absolute Gasteiger partial charge is 0.449 e. The highest BCUT2D eigenvalue weighted by Gasteiger charge is 2.10. The van der Waals surface area contributed by atoms with Gasteiger partial charge in [-0.1, -0.05) is 30.4 Å². The van der Waals surface area contributed by atoms with Gasteiger partial charge in [-0.15, -0.1) is 13.2 Å². The molecule has 1 amide bonds. The van der Waals surface area contributed by atoms with E-state index in [1.807, 2.05) is 0 Å². The van der Waals surface area contributed by atoms with Crippen molar-refractivity contribution in [2.24, 2.45) is 0 Å². The van der Waals surface area contributed by atoms with E-state index in [9.17, 15) is 9.59 Å². The van der Waals surface area contributed by atoms with Crippen LogP contribution in [0.25, 0.3) is 0 Å². The molecule has 1 N–H and O–H groups in total. The number of benzene rings is 1. The van der Waals surface area contributed by atoms with Crippen LogP contribution in [-0.2, 0) is 20.8 Å². The van der Waals surface area contributed by atoms with E-state index in [1.165, 1.54) is 0 Å². The monoisotopic (exact) mass is 319 g/mol. The number of carbonyl (C=O) groups excluding carboxylic acids is 2. The van der Waals surface area contributed by atoms with Gasteiger partial charge >= 0.3 is 12.2 Å². The molecule has 0 bridgehead atoms. The van der Waals surface area contributed by atoms with Gasteiger partial charge < -0.3 is 14.2 Å². The van der Waals surface area contributed by atoms with Crippen LogP contribution in [0, 0.1) is 0 Å². The summed E-state index contributed by atoms with van der Waals surface area (Å²) in [5, 5.41) is 2.60. The third-order valence-corrected chi connectivity index (χ3v) is 2.70. The first kappa shape index (κ1) is 18.3. The second-order valence-electron chi connectivity index (χ2n) is 4.46. The number of carbonyl (C=O) groups is 2. The highest BCUT2D eigenvalue weighted by molar-refractivity contribution is 5.85. The molecule has 1 aromatic rings. The number of amides is 1. The maximum Gasteiger partial charge on any atom is 0.508 e. The standard InChI is InChI=1S/C17H21NO5/c1-3-5-11-21-16(19)18-15-10-8-7-9-14(15)13-23-17(20)22-12-6-4-2/h3-4,7-10H,1-2,5-6,11-13H2,(H,18,19). The second kappa shape index (κ2) is 10.9. The zero-order valence-electron chi connectivity index (χ0n) is 13.0. The number of nitrogens with one attached hydrogen (secondary N) is 1. The Kier molecular flexibility index (Phi) is 8.66. The third-order valence-electron chi connectivity index (χ3n) is 2.70. The molecule has 1 rings (SSSR count). The van der Waals surface area contributed by atoms with E-state index in [-0.39, 0.29) is 19.8 Å². The Morgan fingerprint density at radius 1 is 1.00 bits per heavy atom. The Morgan fingerprint density at radius 2 is 1.65 bits per heavy atom. The molecular weight excluding hydrogens is 298 g/mol. The molecule has 1 aromatic carbocycles. The predicted molar refractivity (Wildman–Crippen MR) is 87.2 cm³/mol. The minimum atomic E-state index is -0.768. The Labute approximate surface area is 135 Å². The van der Waals surface area contributed by atoms with Gasteiger partial charge in [0.15, 0.2) is 0 Å². The molecule has 0 aliphatic carbocycles. The minimum absolute atomic E-state index is 0.0178. The molecular formula is C17H21NO5. The maximum absolute atomic E-state index is 11.6. The van der Waals surface area contributed by atoms with Gasteiger partial charge in [0.25, 0.3) is 0 Å². The molecule has 6 nitrogen and oxygen atoms in total. The minimum Gasteiger partial charge on any atom is -0.449 e. The third kappa shape index (κ3) is 7.71. The SMILES string of the molecule is C=CCCOC(=O)Nc1ccccc1COC(=O)OCCC=C. The van der Waals surface area contributed by atoms with Crippen LogP contribution < -0.4 is 5.32 Å². The average Bonchev–Trinajstić information content (AvgIpc) is 2.54. The lowest BCUT2D eigenvalue weighted by Crippen LogP contribution is -2.16. The van der Waals surface area contributed by atoms with Crippen LogP contribution in [0.15, 0.2) is 49.6 Å². The first-order chi connectivity index (χ1) is 11.2. The van der Waals surface area contributed by atoms with E-state index in [0.717, 1.165) is 0 Å². The molecule has 0 aliphatic rings. The molecule has 0 fully saturated rings. The lowest BCUT2D eigenvalue weighted by molar-refractivity contribution is 0.0512. The van der Waals surface area contributed by atoms with E-state index in [0.29, 0.717) is 24.1 Å². The summed E-state index contributed by atoms with van der Waals surface area (Å²) in [6.45, 7) is 7.53. The van der Waals surface area contributed by atoms with Crippen molar-refractivity contribution in [3.63, 3.8) is 0 Å². The van der Waals surface area contributed by atoms with Crippen LogP contribution in [0.5, 0.6) is 0 Å². The Bertz CT molecular complexity index is 542. The van der Waals surface area contributed by atoms with E-state index in [2.05, 4.69) is 18.5 Å². The Hall–Kier alpha value is -2.76. The summed E-state index contributed by atoms with van der Waals surface area (Å²) in [7, 11) is 0. The first-order valence-electron chi connectivity index (χ1n) is 7.20. The van der Waals surface area contributed by atoms with Gasteiger partial charge in [0.2, 0.25) is 0 Å². The van der Waals surface area contributed by atoms with Crippen molar-refractivity contribution in [3.8, 4) is 0 Å². The summed E-state index contributed by atoms with van der Waals surface area (Å²) in [6, 6.07) is 6.95. The molecule has 0 radical (unpaired) electrons. The number of ether oxygens (including phenoxy) is 3. The van der Waals surface area contributed by atoms with Crippen molar-refractivity contribution in [3.05, 3.63) is 55.1 Å². The summed E-state index contributed by atoms with van der Waals surface area (Å²) in [5.41, 5.74) is 1.14. The van der Waals surface area contributed by atoms with Crippen molar-refractivity contribution >= 4 is 17.9 Å². The van der Waals surface area contributed by atoms with E-state index in [4.69, 9.17) is 14.2 Å². The van der Waals surface area contributed by atoms with Gasteiger partial charge in [0.05, 0.1) is 18.9 Å². The van der Waals surface area contributed by atoms with Crippen molar-refractivity contribution < 1.29 is 23.8 Å². The molecule has 0 spiro atoms. The Balaban J connectivity index is 2.49. The van der Waals surface area contributed by atoms with Crippen LogP contribution >= 0.6 is 0 Å².